The lowest BCUT2D eigenvalue weighted by Gasteiger charge is -2.38. The molecule has 1 fully saturated rings. The van der Waals surface area contributed by atoms with Gasteiger partial charge in [0.25, 0.3) is 0 Å². The van der Waals surface area contributed by atoms with Crippen molar-refractivity contribution < 1.29 is 45.4 Å². The summed E-state index contributed by atoms with van der Waals surface area (Å²) in [5.41, 5.74) is -5.52. The van der Waals surface area contributed by atoms with Crippen LogP contribution in [0.25, 0.3) is 0 Å². The number of ether oxygens (including phenoxy) is 2. The summed E-state index contributed by atoms with van der Waals surface area (Å²) in [4.78, 5) is 23.4. The molecule has 214 valence electrons. The lowest BCUT2D eigenvalue weighted by Crippen LogP contribution is -2.45. The molecule has 1 aliphatic carbocycles. The van der Waals surface area contributed by atoms with Gasteiger partial charge in [0, 0.05) is 0 Å². The molecule has 0 aromatic carbocycles. The van der Waals surface area contributed by atoms with Crippen molar-refractivity contribution >= 4 is 11.9 Å². The molecule has 0 N–H and O–H groups in total. The number of hydrogen-bond acceptors (Lipinski definition) is 4. The molecule has 0 aliphatic heterocycles. The van der Waals surface area contributed by atoms with Crippen LogP contribution in [-0.4, -0.2) is 36.0 Å². The number of carbonyl (C=O) groups excluding carboxylic acids is 2. The Bertz CT molecular complexity index is 725. The molecule has 0 bridgehead atoms. The van der Waals surface area contributed by atoms with Crippen LogP contribution in [0.1, 0.15) is 108 Å². The molecule has 1 saturated carbocycles. The average molecular weight is 535 g/mol. The Hall–Kier alpha value is -1.48. The minimum absolute atomic E-state index is 0.193. The highest BCUT2D eigenvalue weighted by Crippen LogP contribution is 2.44. The van der Waals surface area contributed by atoms with E-state index in [0.29, 0.717) is 18.8 Å². The molecule has 0 radical (unpaired) electrons. The number of carbonyl (C=O) groups is 2. The molecular formula is C26H44F6O4. The van der Waals surface area contributed by atoms with Crippen LogP contribution in [-0.2, 0) is 19.1 Å². The van der Waals surface area contributed by atoms with Crippen molar-refractivity contribution in [1.82, 2.24) is 0 Å². The molecular weight excluding hydrogens is 490 g/mol. The maximum Gasteiger partial charge on any atom is 0.404 e. The smallest absolute Gasteiger partial charge is 0.404 e. The fourth-order valence-corrected chi connectivity index (χ4v) is 3.64. The fourth-order valence-electron chi connectivity index (χ4n) is 3.64. The minimum atomic E-state index is -4.58. The van der Waals surface area contributed by atoms with Crippen molar-refractivity contribution in [2.75, 3.05) is 0 Å². The topological polar surface area (TPSA) is 52.6 Å². The number of alkyl halides is 6. The molecule has 0 spiro atoms. The molecule has 1 rings (SSSR count). The Kier molecular flexibility index (Phi) is 11.4. The van der Waals surface area contributed by atoms with Crippen LogP contribution in [0.3, 0.4) is 0 Å². The van der Waals surface area contributed by atoms with Gasteiger partial charge in [-0.25, -0.2) is 0 Å². The standard InChI is InChI=1S/C16H27F3O2.C10H17F3O2/c1-6-15(5,16(17,18)19)13(20)21-12-9-7-11(8-10-12)14(2,3)4;1-6-9(5,10(11,12)13)7(14)15-8(2,3)4/h11-12H,6-10H2,1-5H3;6H2,1-5H3. The van der Waals surface area contributed by atoms with Gasteiger partial charge in [0.1, 0.15) is 11.7 Å². The van der Waals surface area contributed by atoms with Crippen molar-refractivity contribution in [2.45, 2.75) is 132 Å². The Balaban J connectivity index is 0.000000723. The zero-order valence-electron chi connectivity index (χ0n) is 23.3. The largest absolute Gasteiger partial charge is 0.462 e. The van der Waals surface area contributed by atoms with Gasteiger partial charge >= 0.3 is 24.3 Å². The van der Waals surface area contributed by atoms with Gasteiger partial charge in [0.2, 0.25) is 0 Å². The molecule has 2 unspecified atom stereocenters. The Morgan fingerprint density at radius 2 is 1.03 bits per heavy atom. The summed E-state index contributed by atoms with van der Waals surface area (Å²) in [5, 5.41) is 0. The lowest BCUT2D eigenvalue weighted by atomic mass is 9.72. The Labute approximate surface area is 211 Å². The van der Waals surface area contributed by atoms with Crippen molar-refractivity contribution in [3.63, 3.8) is 0 Å². The summed E-state index contributed by atoms with van der Waals surface area (Å²) >= 11 is 0. The van der Waals surface area contributed by atoms with E-state index in [0.717, 1.165) is 26.7 Å². The second-order valence-corrected chi connectivity index (χ2v) is 12.1. The van der Waals surface area contributed by atoms with Crippen LogP contribution in [0.15, 0.2) is 0 Å². The predicted octanol–water partition coefficient (Wildman–Crippen LogP) is 8.42. The zero-order chi connectivity index (χ0) is 29.0. The van der Waals surface area contributed by atoms with Gasteiger partial charge in [-0.3, -0.25) is 9.59 Å². The van der Waals surface area contributed by atoms with E-state index in [1.54, 1.807) is 0 Å². The fraction of sp³-hybridized carbons (Fsp3) is 0.923. The van der Waals surface area contributed by atoms with Gasteiger partial charge in [-0.15, -0.1) is 0 Å². The van der Waals surface area contributed by atoms with E-state index in [-0.39, 0.29) is 24.4 Å². The summed E-state index contributed by atoms with van der Waals surface area (Å²) in [6.45, 7) is 15.6. The van der Waals surface area contributed by atoms with Gasteiger partial charge in [-0.1, -0.05) is 34.6 Å². The highest BCUT2D eigenvalue weighted by molar-refractivity contribution is 5.78. The Morgan fingerprint density at radius 3 is 1.31 bits per heavy atom. The molecule has 0 aromatic heterocycles. The second kappa shape index (κ2) is 11.9. The van der Waals surface area contributed by atoms with Crippen LogP contribution in [0.4, 0.5) is 26.3 Å². The third-order valence-electron chi connectivity index (χ3n) is 7.14. The maximum atomic E-state index is 13.0. The number of rotatable bonds is 5. The van der Waals surface area contributed by atoms with Crippen LogP contribution in [0, 0.1) is 22.2 Å². The highest BCUT2D eigenvalue weighted by Gasteiger charge is 2.58. The van der Waals surface area contributed by atoms with Gasteiger partial charge < -0.3 is 9.47 Å². The van der Waals surface area contributed by atoms with E-state index in [1.807, 2.05) is 0 Å². The first-order chi connectivity index (χ1) is 15.9. The molecule has 0 heterocycles. The molecule has 1 aliphatic rings. The van der Waals surface area contributed by atoms with Crippen molar-refractivity contribution in [3.8, 4) is 0 Å². The van der Waals surface area contributed by atoms with Crippen LogP contribution >= 0.6 is 0 Å². The molecule has 0 saturated heterocycles. The van der Waals surface area contributed by atoms with Gasteiger partial charge in [-0.2, -0.15) is 26.3 Å². The van der Waals surface area contributed by atoms with Crippen molar-refractivity contribution in [3.05, 3.63) is 0 Å². The molecule has 0 amide bonds. The van der Waals surface area contributed by atoms with Crippen molar-refractivity contribution in [2.24, 2.45) is 22.2 Å². The van der Waals surface area contributed by atoms with Crippen molar-refractivity contribution in [1.29, 1.82) is 0 Å². The van der Waals surface area contributed by atoms with E-state index >= 15 is 0 Å². The summed E-state index contributed by atoms with van der Waals surface area (Å²) < 4.78 is 86.9. The van der Waals surface area contributed by atoms with E-state index in [9.17, 15) is 35.9 Å². The first kappa shape index (κ1) is 34.5. The maximum absolute atomic E-state index is 13.0. The normalized spacial score (nSPS) is 22.9. The predicted molar refractivity (Wildman–Crippen MR) is 126 cm³/mol. The van der Waals surface area contributed by atoms with Gasteiger partial charge in [0.15, 0.2) is 10.8 Å². The number of hydrogen-bond donors (Lipinski definition) is 0. The van der Waals surface area contributed by atoms with Crippen LogP contribution < -0.4 is 0 Å². The van der Waals surface area contributed by atoms with Crippen LogP contribution in [0.5, 0.6) is 0 Å². The Morgan fingerprint density at radius 1 is 0.667 bits per heavy atom. The summed E-state index contributed by atoms with van der Waals surface area (Å²) in [6, 6.07) is 0. The molecule has 10 heteroatoms. The third-order valence-corrected chi connectivity index (χ3v) is 7.14. The summed E-state index contributed by atoms with van der Waals surface area (Å²) in [6.07, 6.45) is -7.03. The monoisotopic (exact) mass is 534 g/mol. The zero-order valence-corrected chi connectivity index (χ0v) is 23.3. The number of esters is 2. The molecule has 36 heavy (non-hydrogen) atoms. The molecule has 2 atom stereocenters. The van der Waals surface area contributed by atoms with E-state index in [2.05, 4.69) is 20.8 Å². The summed E-state index contributed by atoms with van der Waals surface area (Å²) in [7, 11) is 0. The lowest BCUT2D eigenvalue weighted by molar-refractivity contribution is -0.236. The van der Waals surface area contributed by atoms with E-state index in [4.69, 9.17) is 9.47 Å². The first-order valence-corrected chi connectivity index (χ1v) is 12.4. The summed E-state index contributed by atoms with van der Waals surface area (Å²) in [5.74, 6) is -1.81. The van der Waals surface area contributed by atoms with Gasteiger partial charge in [0.05, 0.1) is 0 Å². The SMILES string of the molecule is CCC(C)(C(=O)OC(C)(C)C)C(F)(F)F.CCC(C)(C(=O)OC1CCC(C(C)(C)C)CC1)C(F)(F)F. The second-order valence-electron chi connectivity index (χ2n) is 12.1. The first-order valence-electron chi connectivity index (χ1n) is 12.4. The average Bonchev–Trinajstić information content (AvgIpc) is 2.69. The van der Waals surface area contributed by atoms with E-state index < -0.39 is 40.7 Å². The number of halogens is 6. The third kappa shape index (κ3) is 9.12. The molecule has 4 nitrogen and oxygen atoms in total. The highest BCUT2D eigenvalue weighted by atomic mass is 19.4. The molecule has 0 aromatic rings. The van der Waals surface area contributed by atoms with Crippen LogP contribution in [0.2, 0.25) is 0 Å². The minimum Gasteiger partial charge on any atom is -0.462 e. The van der Waals surface area contributed by atoms with E-state index in [1.165, 1.54) is 34.6 Å². The van der Waals surface area contributed by atoms with Gasteiger partial charge in [-0.05, 0) is 84.5 Å². The quantitative estimate of drug-likeness (QED) is 0.262.